The number of hydrogen-bond donors (Lipinski definition) is 1. The molecule has 179 valence electrons. The number of fused-ring (bicyclic) bond motifs is 3. The van der Waals surface area contributed by atoms with Crippen LogP contribution in [0.4, 0.5) is 0 Å². The summed E-state index contributed by atoms with van der Waals surface area (Å²) in [5, 5.41) is 3.70. The zero-order valence-electron chi connectivity index (χ0n) is 22.5. The summed E-state index contributed by atoms with van der Waals surface area (Å²) in [6.07, 6.45) is 9.84. The van der Waals surface area contributed by atoms with Crippen molar-refractivity contribution in [2.45, 2.75) is 124 Å². The van der Waals surface area contributed by atoms with E-state index in [1.807, 2.05) is 5.57 Å². The topological polar surface area (TPSA) is 21.3 Å². The van der Waals surface area contributed by atoms with Crippen molar-refractivity contribution < 1.29 is 4.43 Å². The van der Waals surface area contributed by atoms with Crippen molar-refractivity contribution in [3.8, 4) is 0 Å². The van der Waals surface area contributed by atoms with Gasteiger partial charge in [0.1, 0.15) is 0 Å². The van der Waals surface area contributed by atoms with Crippen LogP contribution in [0.5, 0.6) is 0 Å². The van der Waals surface area contributed by atoms with Crippen LogP contribution in [0.3, 0.4) is 0 Å². The van der Waals surface area contributed by atoms with E-state index in [2.05, 4.69) is 74.7 Å². The lowest BCUT2D eigenvalue weighted by Crippen LogP contribution is -2.58. The Morgan fingerprint density at radius 2 is 1.77 bits per heavy atom. The minimum atomic E-state index is -0.866. The van der Waals surface area contributed by atoms with Gasteiger partial charge in [0.25, 0.3) is 0 Å². The molecular weight excluding hydrogens is 394 g/mol. The number of rotatable bonds is 6. The summed E-state index contributed by atoms with van der Waals surface area (Å²) < 4.78 is 7.14. The number of allylic oxidation sites excluding steroid dienone is 1. The third-order valence-electron chi connectivity index (χ3n) is 9.57. The van der Waals surface area contributed by atoms with Gasteiger partial charge in [0.05, 0.1) is 6.10 Å². The highest BCUT2D eigenvalue weighted by atomic mass is 28.3. The fraction of sp³-hybridized carbons (Fsp3) is 0.929. The van der Waals surface area contributed by atoms with Gasteiger partial charge < -0.3 is 9.74 Å². The summed E-state index contributed by atoms with van der Waals surface area (Å²) in [5.41, 5.74) is 4.94. The summed E-state index contributed by atoms with van der Waals surface area (Å²) in [6, 6.07) is 0. The van der Waals surface area contributed by atoms with Crippen LogP contribution >= 0.6 is 0 Å². The van der Waals surface area contributed by atoms with Crippen molar-refractivity contribution in [1.29, 1.82) is 0 Å². The maximum atomic E-state index is 7.14. The molecule has 0 saturated heterocycles. The Hall–Kier alpha value is -0.123. The smallest absolute Gasteiger partial charge is 0.220 e. The first kappa shape index (κ1) is 25.5. The van der Waals surface area contributed by atoms with Gasteiger partial charge >= 0.3 is 0 Å². The molecule has 0 unspecified atom stereocenters. The van der Waals surface area contributed by atoms with Gasteiger partial charge in [-0.1, -0.05) is 66.5 Å². The Bertz CT molecular complexity index is 660. The van der Waals surface area contributed by atoms with Crippen LogP contribution in [0.1, 0.15) is 107 Å². The second kappa shape index (κ2) is 9.26. The van der Waals surface area contributed by atoms with E-state index in [1.54, 1.807) is 5.57 Å². The molecule has 3 aliphatic rings. The molecule has 31 heavy (non-hydrogen) atoms. The van der Waals surface area contributed by atoms with E-state index in [1.165, 1.54) is 44.9 Å². The van der Waals surface area contributed by atoms with Crippen LogP contribution in [-0.4, -0.2) is 28.7 Å². The molecule has 3 rings (SSSR count). The van der Waals surface area contributed by atoms with Gasteiger partial charge in [-0.05, 0) is 105 Å². The Labute approximate surface area is 196 Å². The molecule has 2 fully saturated rings. The molecule has 5 atom stereocenters. The lowest BCUT2D eigenvalue weighted by atomic mass is 9.43. The lowest BCUT2D eigenvalue weighted by molar-refractivity contribution is -0.143. The Balaban J connectivity index is 1.84. The second-order valence-corrected chi connectivity index (χ2v) is 16.9. The zero-order chi connectivity index (χ0) is 23.2. The third-order valence-corrected chi connectivity index (χ3v) is 12.6. The van der Waals surface area contributed by atoms with E-state index < -0.39 is 9.04 Å². The molecular formula is C28H52NOSi. The molecule has 0 aromatic heterocycles. The summed E-state index contributed by atoms with van der Waals surface area (Å²) in [5.74, 6) is 2.50. The van der Waals surface area contributed by atoms with Crippen molar-refractivity contribution in [3.63, 3.8) is 0 Å². The maximum absolute atomic E-state index is 7.14. The fourth-order valence-corrected chi connectivity index (χ4v) is 11.3. The summed E-state index contributed by atoms with van der Waals surface area (Å²) in [7, 11) is 1.23. The first-order valence-electron chi connectivity index (χ1n) is 13.2. The van der Waals surface area contributed by atoms with Crippen LogP contribution in [0, 0.1) is 28.6 Å². The monoisotopic (exact) mass is 446 g/mol. The largest absolute Gasteiger partial charge is 0.412 e. The van der Waals surface area contributed by atoms with Gasteiger partial charge in [0.15, 0.2) is 0 Å². The van der Waals surface area contributed by atoms with Gasteiger partial charge in [-0.3, -0.25) is 0 Å². The van der Waals surface area contributed by atoms with Crippen molar-refractivity contribution in [3.05, 3.63) is 11.1 Å². The predicted octanol–water partition coefficient (Wildman–Crippen LogP) is 7.76. The lowest BCUT2D eigenvalue weighted by Gasteiger charge is -2.63. The van der Waals surface area contributed by atoms with Crippen LogP contribution in [0.15, 0.2) is 11.1 Å². The molecule has 0 aromatic rings. The normalized spacial score (nSPS) is 36.0. The van der Waals surface area contributed by atoms with Gasteiger partial charge in [0.2, 0.25) is 9.04 Å². The van der Waals surface area contributed by atoms with Crippen molar-refractivity contribution in [2.75, 3.05) is 13.6 Å². The van der Waals surface area contributed by atoms with E-state index in [-0.39, 0.29) is 5.41 Å². The predicted molar refractivity (Wildman–Crippen MR) is 137 cm³/mol. The Morgan fingerprint density at radius 3 is 2.35 bits per heavy atom. The highest BCUT2D eigenvalue weighted by Gasteiger charge is 2.59. The molecule has 1 N–H and O–H groups in total. The van der Waals surface area contributed by atoms with Crippen molar-refractivity contribution in [2.24, 2.45) is 28.6 Å². The van der Waals surface area contributed by atoms with Crippen LogP contribution < -0.4 is 5.32 Å². The van der Waals surface area contributed by atoms with E-state index in [9.17, 15) is 0 Å². The van der Waals surface area contributed by atoms with Crippen LogP contribution in [0.25, 0.3) is 0 Å². The third kappa shape index (κ3) is 4.76. The van der Waals surface area contributed by atoms with E-state index in [4.69, 9.17) is 4.43 Å². The molecule has 0 aliphatic heterocycles. The Morgan fingerprint density at radius 1 is 1.10 bits per heavy atom. The fourth-order valence-electron chi connectivity index (χ4n) is 8.21. The summed E-state index contributed by atoms with van der Waals surface area (Å²) in [6.45, 7) is 23.3. The average molecular weight is 447 g/mol. The highest BCUT2D eigenvalue weighted by Crippen LogP contribution is 2.65. The minimum absolute atomic E-state index is 0.273. The Kier molecular flexibility index (Phi) is 7.61. The molecule has 2 saturated carbocycles. The molecule has 2 nitrogen and oxygen atoms in total. The molecule has 0 bridgehead atoms. The quantitative estimate of drug-likeness (QED) is 0.332. The van der Waals surface area contributed by atoms with Crippen molar-refractivity contribution in [1.82, 2.24) is 5.32 Å². The van der Waals surface area contributed by atoms with Crippen molar-refractivity contribution >= 4 is 9.04 Å². The maximum Gasteiger partial charge on any atom is 0.220 e. The zero-order valence-corrected chi connectivity index (χ0v) is 23.5. The van der Waals surface area contributed by atoms with Crippen LogP contribution in [0.2, 0.25) is 10.6 Å². The van der Waals surface area contributed by atoms with Gasteiger partial charge in [-0.2, -0.15) is 0 Å². The van der Waals surface area contributed by atoms with E-state index in [0.717, 1.165) is 24.3 Å². The number of nitrogens with one attached hydrogen (secondary N) is 1. The van der Waals surface area contributed by atoms with Gasteiger partial charge in [-0.25, -0.2) is 0 Å². The minimum Gasteiger partial charge on any atom is -0.412 e. The molecule has 3 aliphatic carbocycles. The summed E-state index contributed by atoms with van der Waals surface area (Å²) >= 11 is 0. The molecule has 0 spiro atoms. The molecule has 0 amide bonds. The molecule has 0 aromatic carbocycles. The van der Waals surface area contributed by atoms with Crippen LogP contribution in [-0.2, 0) is 4.43 Å². The van der Waals surface area contributed by atoms with E-state index in [0.29, 0.717) is 22.1 Å². The van der Waals surface area contributed by atoms with Gasteiger partial charge in [0, 0.05) is 0 Å². The second-order valence-electron chi connectivity index (χ2n) is 13.3. The first-order valence-corrected chi connectivity index (χ1v) is 14.7. The molecule has 1 radical (unpaired) electrons. The SMILES string of the molecule is CNCCC1=C(C)CC[C@H]2[C@H]1CC[C@H]1C(C)(C)[C@@H](O[Si](C(C)C)C(C)(C)C)CC[C@]21C. The molecule has 3 heteroatoms. The number of hydrogen-bond acceptors (Lipinski definition) is 2. The van der Waals surface area contributed by atoms with Gasteiger partial charge in [-0.15, -0.1) is 0 Å². The average Bonchev–Trinajstić information content (AvgIpc) is 2.64. The molecule has 0 heterocycles. The standard InChI is InChI=1S/C28H52NOSi/c1-19(2)31(26(4,5)6)30-25-15-17-28(9)23-13-11-20(3)21(16-18-29-10)22(23)12-14-24(28)27(25,7)8/h19,22-25,29H,11-18H2,1-10H3/t22-,23-,24-,25-,28+/m0/s1. The summed E-state index contributed by atoms with van der Waals surface area (Å²) in [4.78, 5) is 0. The highest BCUT2D eigenvalue weighted by molar-refractivity contribution is 6.56. The first-order chi connectivity index (χ1) is 14.3. The van der Waals surface area contributed by atoms with E-state index >= 15 is 0 Å².